The molecule has 0 aliphatic carbocycles. The van der Waals surface area contributed by atoms with Crippen molar-refractivity contribution in [2.24, 2.45) is 7.05 Å². The summed E-state index contributed by atoms with van der Waals surface area (Å²) < 4.78 is 6.76. The van der Waals surface area contributed by atoms with Crippen LogP contribution in [0, 0.1) is 17.0 Å². The van der Waals surface area contributed by atoms with Gasteiger partial charge in [-0.05, 0) is 6.92 Å². The Morgan fingerprint density at radius 1 is 1.67 bits per heavy atom. The minimum absolute atomic E-state index is 0.00199. The lowest BCUT2D eigenvalue weighted by Crippen LogP contribution is -2.48. The monoisotopic (exact) mass is 256 g/mol. The largest absolute Gasteiger partial charge is 0.394 e. The van der Waals surface area contributed by atoms with Crippen LogP contribution in [0.4, 0.5) is 11.5 Å². The minimum atomic E-state index is -0.429. The molecular formula is C10H16N4O4. The molecule has 1 fully saturated rings. The summed E-state index contributed by atoms with van der Waals surface area (Å²) in [6.07, 6.45) is 0. The molecule has 1 unspecified atom stereocenters. The molecule has 0 aromatic carbocycles. The number of nitrogens with zero attached hydrogens (tertiary/aromatic N) is 4. The number of aliphatic hydroxyl groups is 1. The highest BCUT2D eigenvalue weighted by atomic mass is 16.6. The summed E-state index contributed by atoms with van der Waals surface area (Å²) in [6.45, 7) is 2.85. The molecule has 2 rings (SSSR count). The van der Waals surface area contributed by atoms with Crippen molar-refractivity contribution < 1.29 is 14.8 Å². The highest BCUT2D eigenvalue weighted by Crippen LogP contribution is 2.32. The van der Waals surface area contributed by atoms with Crippen molar-refractivity contribution in [1.82, 2.24) is 9.78 Å². The van der Waals surface area contributed by atoms with Crippen molar-refractivity contribution in [2.75, 3.05) is 31.3 Å². The fourth-order valence-corrected chi connectivity index (χ4v) is 2.26. The second kappa shape index (κ2) is 4.91. The molecule has 2 heterocycles. The molecule has 0 bridgehead atoms. The van der Waals surface area contributed by atoms with Gasteiger partial charge in [0.2, 0.25) is 5.82 Å². The number of anilines is 1. The summed E-state index contributed by atoms with van der Waals surface area (Å²) in [6, 6.07) is -0.271. The quantitative estimate of drug-likeness (QED) is 0.596. The average molecular weight is 256 g/mol. The van der Waals surface area contributed by atoms with Gasteiger partial charge in [0.15, 0.2) is 0 Å². The summed E-state index contributed by atoms with van der Waals surface area (Å²) in [4.78, 5) is 12.5. The smallest absolute Gasteiger partial charge is 0.333 e. The number of nitro groups is 1. The van der Waals surface area contributed by atoms with Gasteiger partial charge in [0.25, 0.3) is 0 Å². The number of hydrogen-bond acceptors (Lipinski definition) is 6. The highest BCUT2D eigenvalue weighted by Gasteiger charge is 2.33. The fourth-order valence-electron chi connectivity index (χ4n) is 2.26. The first-order chi connectivity index (χ1) is 8.56. The Morgan fingerprint density at radius 3 is 3.00 bits per heavy atom. The summed E-state index contributed by atoms with van der Waals surface area (Å²) in [5.74, 6) is 0.430. The SMILES string of the molecule is Cc1nn(C)c(N2CCOCC2CO)c1[N+](=O)[O-]. The van der Waals surface area contributed by atoms with Crippen LogP contribution in [-0.2, 0) is 11.8 Å². The molecule has 0 spiro atoms. The third-order valence-electron chi connectivity index (χ3n) is 3.05. The molecule has 0 radical (unpaired) electrons. The third kappa shape index (κ3) is 2.04. The molecule has 0 amide bonds. The van der Waals surface area contributed by atoms with Crippen LogP contribution in [0.15, 0.2) is 0 Å². The lowest BCUT2D eigenvalue weighted by atomic mass is 10.2. The van der Waals surface area contributed by atoms with Gasteiger partial charge in [-0.25, -0.2) is 4.68 Å². The van der Waals surface area contributed by atoms with E-state index in [9.17, 15) is 15.2 Å². The van der Waals surface area contributed by atoms with Gasteiger partial charge in [-0.2, -0.15) is 5.10 Å². The molecule has 1 atom stereocenters. The maximum Gasteiger partial charge on any atom is 0.333 e. The van der Waals surface area contributed by atoms with E-state index in [0.29, 0.717) is 31.3 Å². The zero-order valence-corrected chi connectivity index (χ0v) is 10.4. The van der Waals surface area contributed by atoms with Crippen molar-refractivity contribution >= 4 is 11.5 Å². The van der Waals surface area contributed by atoms with Gasteiger partial charge in [0.1, 0.15) is 5.69 Å². The van der Waals surface area contributed by atoms with Crippen LogP contribution in [0.2, 0.25) is 0 Å². The van der Waals surface area contributed by atoms with Crippen LogP contribution in [0.5, 0.6) is 0 Å². The van der Waals surface area contributed by atoms with Gasteiger partial charge >= 0.3 is 5.69 Å². The van der Waals surface area contributed by atoms with Crippen LogP contribution in [-0.4, -0.2) is 52.2 Å². The van der Waals surface area contributed by atoms with Crippen molar-refractivity contribution in [3.63, 3.8) is 0 Å². The van der Waals surface area contributed by atoms with Crippen LogP contribution in [0.1, 0.15) is 5.69 Å². The molecule has 8 nitrogen and oxygen atoms in total. The Balaban J connectivity index is 2.45. The topological polar surface area (TPSA) is 93.7 Å². The Morgan fingerprint density at radius 2 is 2.39 bits per heavy atom. The second-order valence-corrected chi connectivity index (χ2v) is 4.24. The van der Waals surface area contributed by atoms with Crippen molar-refractivity contribution in [3.8, 4) is 0 Å². The highest BCUT2D eigenvalue weighted by molar-refractivity contribution is 5.62. The standard InChI is InChI=1S/C10H16N4O4/c1-7-9(14(16)17)10(12(2)11-7)13-3-4-18-6-8(13)5-15/h8,15H,3-6H2,1-2H3. The zero-order chi connectivity index (χ0) is 13.3. The van der Waals surface area contributed by atoms with Crippen LogP contribution in [0.25, 0.3) is 0 Å². The van der Waals surface area contributed by atoms with Crippen molar-refractivity contribution in [3.05, 3.63) is 15.8 Å². The molecule has 1 aliphatic rings. The number of morpholine rings is 1. The number of aryl methyl sites for hydroxylation is 2. The van der Waals surface area contributed by atoms with E-state index in [4.69, 9.17) is 4.74 Å². The maximum absolute atomic E-state index is 11.1. The molecule has 1 aliphatic heterocycles. The summed E-state index contributed by atoms with van der Waals surface area (Å²) in [5, 5.41) is 24.5. The molecule has 18 heavy (non-hydrogen) atoms. The van der Waals surface area contributed by atoms with Gasteiger partial charge in [-0.15, -0.1) is 0 Å². The molecule has 8 heteroatoms. The Labute approximate surface area is 104 Å². The van der Waals surface area contributed by atoms with Crippen LogP contribution in [0.3, 0.4) is 0 Å². The molecule has 1 saturated heterocycles. The molecule has 0 saturated carbocycles. The zero-order valence-electron chi connectivity index (χ0n) is 10.4. The number of hydrogen-bond donors (Lipinski definition) is 1. The Bertz CT molecular complexity index is 459. The first kappa shape index (κ1) is 12.8. The first-order valence-electron chi connectivity index (χ1n) is 5.69. The van der Waals surface area contributed by atoms with E-state index < -0.39 is 4.92 Å². The summed E-state index contributed by atoms with van der Waals surface area (Å²) >= 11 is 0. The van der Waals surface area contributed by atoms with Crippen molar-refractivity contribution in [2.45, 2.75) is 13.0 Å². The van der Waals surface area contributed by atoms with E-state index in [1.807, 2.05) is 0 Å². The summed E-state index contributed by atoms with van der Waals surface area (Å²) in [7, 11) is 1.67. The normalized spacial score (nSPS) is 20.2. The van der Waals surface area contributed by atoms with E-state index in [1.54, 1.807) is 18.9 Å². The Hall–Kier alpha value is -1.67. The summed E-state index contributed by atoms with van der Waals surface area (Å²) in [5.41, 5.74) is 0.374. The minimum Gasteiger partial charge on any atom is -0.394 e. The van der Waals surface area contributed by atoms with Crippen LogP contribution < -0.4 is 4.90 Å². The van der Waals surface area contributed by atoms with Gasteiger partial charge in [0.05, 0.1) is 30.8 Å². The van der Waals surface area contributed by atoms with Gasteiger partial charge in [-0.3, -0.25) is 10.1 Å². The fraction of sp³-hybridized carbons (Fsp3) is 0.700. The molecule has 1 N–H and O–H groups in total. The number of aromatic nitrogens is 2. The predicted octanol–water partition coefficient (Wildman–Crippen LogP) is -0.166. The van der Waals surface area contributed by atoms with E-state index in [0.717, 1.165) is 0 Å². The van der Waals surface area contributed by atoms with Gasteiger partial charge in [-0.1, -0.05) is 0 Å². The predicted molar refractivity (Wildman–Crippen MR) is 63.6 cm³/mol. The van der Waals surface area contributed by atoms with E-state index in [-0.39, 0.29) is 18.3 Å². The number of ether oxygens (including phenoxy) is 1. The maximum atomic E-state index is 11.1. The average Bonchev–Trinajstić information content (AvgIpc) is 2.64. The molecular weight excluding hydrogens is 240 g/mol. The van der Waals surface area contributed by atoms with E-state index >= 15 is 0 Å². The van der Waals surface area contributed by atoms with Gasteiger partial charge in [0, 0.05) is 13.6 Å². The lowest BCUT2D eigenvalue weighted by molar-refractivity contribution is -0.384. The Kier molecular flexibility index (Phi) is 3.48. The van der Waals surface area contributed by atoms with Gasteiger partial charge < -0.3 is 14.7 Å². The lowest BCUT2D eigenvalue weighted by Gasteiger charge is -2.35. The van der Waals surface area contributed by atoms with E-state index in [2.05, 4.69) is 5.10 Å². The number of aliphatic hydroxyl groups excluding tert-OH is 1. The van der Waals surface area contributed by atoms with E-state index in [1.165, 1.54) is 4.68 Å². The molecule has 1 aromatic rings. The molecule has 1 aromatic heterocycles. The van der Waals surface area contributed by atoms with Crippen LogP contribution >= 0.6 is 0 Å². The molecule has 100 valence electrons. The number of rotatable bonds is 3. The van der Waals surface area contributed by atoms with Crippen molar-refractivity contribution in [1.29, 1.82) is 0 Å². The first-order valence-corrected chi connectivity index (χ1v) is 5.69. The third-order valence-corrected chi connectivity index (χ3v) is 3.05. The second-order valence-electron chi connectivity index (χ2n) is 4.24.